The summed E-state index contributed by atoms with van der Waals surface area (Å²) in [6.45, 7) is 5.44. The zero-order chi connectivity index (χ0) is 16.1. The maximum Gasteiger partial charge on any atom is 0.226 e. The molecular formula is C17H20N2O2S. The second-order valence-electron chi connectivity index (χ2n) is 5.34. The third kappa shape index (κ3) is 4.43. The molecule has 0 aliphatic heterocycles. The van der Waals surface area contributed by atoms with E-state index in [1.807, 2.05) is 49.6 Å². The number of carbonyl (C=O) groups is 2. The summed E-state index contributed by atoms with van der Waals surface area (Å²) < 4.78 is 0. The Labute approximate surface area is 134 Å². The highest BCUT2D eigenvalue weighted by molar-refractivity contribution is 7.10. The Morgan fingerprint density at radius 2 is 2.00 bits per heavy atom. The zero-order valence-electron chi connectivity index (χ0n) is 13.0. The van der Waals surface area contributed by atoms with Gasteiger partial charge in [0.15, 0.2) is 0 Å². The summed E-state index contributed by atoms with van der Waals surface area (Å²) in [5.41, 5.74) is 2.99. The molecule has 5 heteroatoms. The van der Waals surface area contributed by atoms with E-state index in [9.17, 15) is 9.59 Å². The minimum Gasteiger partial charge on any atom is -0.348 e. The summed E-state index contributed by atoms with van der Waals surface area (Å²) in [6.07, 6.45) is 0.216. The van der Waals surface area contributed by atoms with Crippen LogP contribution in [0.5, 0.6) is 0 Å². The number of hydrogen-bond acceptors (Lipinski definition) is 3. The lowest BCUT2D eigenvalue weighted by atomic mass is 10.1. The molecule has 0 unspecified atom stereocenters. The molecule has 1 heterocycles. The number of anilines is 1. The summed E-state index contributed by atoms with van der Waals surface area (Å²) in [6, 6.07) is 9.45. The first kappa shape index (κ1) is 16.2. The van der Waals surface area contributed by atoms with Crippen molar-refractivity contribution in [3.8, 4) is 0 Å². The van der Waals surface area contributed by atoms with Crippen LogP contribution in [0.3, 0.4) is 0 Å². The Morgan fingerprint density at radius 1 is 1.23 bits per heavy atom. The Hall–Kier alpha value is -2.14. The smallest absolute Gasteiger partial charge is 0.226 e. The fourth-order valence-corrected chi connectivity index (χ4v) is 3.08. The van der Waals surface area contributed by atoms with Crippen molar-refractivity contribution < 1.29 is 9.59 Å². The summed E-state index contributed by atoms with van der Waals surface area (Å²) in [4.78, 5) is 24.6. The highest BCUT2D eigenvalue weighted by atomic mass is 32.1. The first-order valence-corrected chi connectivity index (χ1v) is 8.01. The Morgan fingerprint density at radius 3 is 2.59 bits per heavy atom. The van der Waals surface area contributed by atoms with Gasteiger partial charge in [0.1, 0.15) is 0 Å². The van der Waals surface area contributed by atoms with Crippen LogP contribution in [0.4, 0.5) is 5.69 Å². The van der Waals surface area contributed by atoms with Gasteiger partial charge in [0.25, 0.3) is 0 Å². The van der Waals surface area contributed by atoms with E-state index < -0.39 is 0 Å². The summed E-state index contributed by atoms with van der Waals surface area (Å²) in [7, 11) is 0. The number of benzene rings is 1. The van der Waals surface area contributed by atoms with E-state index in [1.165, 1.54) is 18.3 Å². The number of thiophene rings is 1. The van der Waals surface area contributed by atoms with Crippen LogP contribution < -0.4 is 10.6 Å². The van der Waals surface area contributed by atoms with Gasteiger partial charge < -0.3 is 10.6 Å². The SMILES string of the molecule is CC(=O)N[C@@H](CC(=O)Nc1ccc(C)cc1C)c1cccs1. The molecule has 0 fully saturated rings. The highest BCUT2D eigenvalue weighted by Gasteiger charge is 2.18. The lowest BCUT2D eigenvalue weighted by molar-refractivity contribution is -0.120. The minimum absolute atomic E-state index is 0.112. The van der Waals surface area contributed by atoms with Crippen LogP contribution in [0.1, 0.15) is 35.4 Å². The van der Waals surface area contributed by atoms with Crippen molar-refractivity contribution in [2.24, 2.45) is 0 Å². The normalized spacial score (nSPS) is 11.8. The third-order valence-corrected chi connectivity index (χ3v) is 4.30. The molecule has 116 valence electrons. The molecule has 1 aromatic carbocycles. The van der Waals surface area contributed by atoms with E-state index in [1.54, 1.807) is 0 Å². The predicted octanol–water partition coefficient (Wildman–Crippen LogP) is 3.57. The largest absolute Gasteiger partial charge is 0.348 e. The van der Waals surface area contributed by atoms with Gasteiger partial charge in [0, 0.05) is 17.5 Å². The Kier molecular flexibility index (Phi) is 5.33. The second-order valence-corrected chi connectivity index (χ2v) is 6.32. The fraction of sp³-hybridized carbons (Fsp3) is 0.294. The number of carbonyl (C=O) groups excluding carboxylic acids is 2. The van der Waals surface area contributed by atoms with Gasteiger partial charge in [-0.2, -0.15) is 0 Å². The van der Waals surface area contributed by atoms with E-state index in [0.717, 1.165) is 21.7 Å². The van der Waals surface area contributed by atoms with Crippen LogP contribution >= 0.6 is 11.3 Å². The number of nitrogens with one attached hydrogen (secondary N) is 2. The topological polar surface area (TPSA) is 58.2 Å². The molecule has 2 N–H and O–H groups in total. The van der Waals surface area contributed by atoms with E-state index in [-0.39, 0.29) is 24.3 Å². The van der Waals surface area contributed by atoms with E-state index in [2.05, 4.69) is 10.6 Å². The van der Waals surface area contributed by atoms with Crippen LogP contribution in [-0.2, 0) is 9.59 Å². The summed E-state index contributed by atoms with van der Waals surface area (Å²) in [5.74, 6) is -0.253. The van der Waals surface area contributed by atoms with Gasteiger partial charge in [-0.3, -0.25) is 9.59 Å². The van der Waals surface area contributed by atoms with Crippen molar-refractivity contribution in [2.45, 2.75) is 33.2 Å². The molecule has 0 radical (unpaired) electrons. The number of hydrogen-bond donors (Lipinski definition) is 2. The molecule has 0 saturated carbocycles. The van der Waals surface area contributed by atoms with Crippen molar-refractivity contribution in [1.82, 2.24) is 5.32 Å². The monoisotopic (exact) mass is 316 g/mol. The first-order valence-electron chi connectivity index (χ1n) is 7.13. The van der Waals surface area contributed by atoms with E-state index >= 15 is 0 Å². The zero-order valence-corrected chi connectivity index (χ0v) is 13.8. The van der Waals surface area contributed by atoms with Crippen LogP contribution in [0.25, 0.3) is 0 Å². The second kappa shape index (κ2) is 7.22. The van der Waals surface area contributed by atoms with Gasteiger partial charge in [0.05, 0.1) is 12.5 Å². The number of amides is 2. The molecule has 0 aliphatic rings. The molecule has 2 aromatic rings. The fourth-order valence-electron chi connectivity index (χ4n) is 2.30. The van der Waals surface area contributed by atoms with Gasteiger partial charge in [-0.15, -0.1) is 11.3 Å². The van der Waals surface area contributed by atoms with Crippen LogP contribution in [0.2, 0.25) is 0 Å². The lowest BCUT2D eigenvalue weighted by Gasteiger charge is -2.17. The molecule has 4 nitrogen and oxygen atoms in total. The summed E-state index contributed by atoms with van der Waals surface area (Å²) >= 11 is 1.53. The minimum atomic E-state index is -0.289. The molecular weight excluding hydrogens is 296 g/mol. The molecule has 2 rings (SSSR count). The van der Waals surface area contributed by atoms with Crippen LogP contribution in [-0.4, -0.2) is 11.8 Å². The lowest BCUT2D eigenvalue weighted by Crippen LogP contribution is -2.29. The first-order chi connectivity index (χ1) is 10.5. The molecule has 22 heavy (non-hydrogen) atoms. The van der Waals surface area contributed by atoms with Gasteiger partial charge >= 0.3 is 0 Å². The number of rotatable bonds is 5. The molecule has 0 saturated heterocycles. The average Bonchev–Trinajstić information content (AvgIpc) is 2.95. The molecule has 2 amide bonds. The van der Waals surface area contributed by atoms with Gasteiger partial charge in [-0.05, 0) is 36.9 Å². The summed E-state index contributed by atoms with van der Waals surface area (Å²) in [5, 5.41) is 7.69. The predicted molar refractivity (Wildman–Crippen MR) is 90.0 cm³/mol. The molecule has 1 aromatic heterocycles. The maximum absolute atomic E-state index is 12.3. The van der Waals surface area contributed by atoms with Gasteiger partial charge in [-0.25, -0.2) is 0 Å². The van der Waals surface area contributed by atoms with Crippen molar-refractivity contribution in [1.29, 1.82) is 0 Å². The number of aryl methyl sites for hydroxylation is 2. The van der Waals surface area contributed by atoms with Crippen molar-refractivity contribution in [2.75, 3.05) is 5.32 Å². The Balaban J connectivity index is 2.06. The van der Waals surface area contributed by atoms with E-state index in [0.29, 0.717) is 0 Å². The molecule has 0 aliphatic carbocycles. The van der Waals surface area contributed by atoms with Crippen molar-refractivity contribution in [3.05, 3.63) is 51.7 Å². The standard InChI is InChI=1S/C17H20N2O2S/c1-11-6-7-14(12(2)9-11)19-17(21)10-15(18-13(3)20)16-5-4-8-22-16/h4-9,15H,10H2,1-3H3,(H,18,20)(H,19,21)/t15-/m0/s1. The molecule has 1 atom stereocenters. The van der Waals surface area contributed by atoms with Crippen LogP contribution in [0, 0.1) is 13.8 Å². The quantitative estimate of drug-likeness (QED) is 0.886. The molecule has 0 bridgehead atoms. The molecule has 0 spiro atoms. The average molecular weight is 316 g/mol. The van der Waals surface area contributed by atoms with Gasteiger partial charge in [-0.1, -0.05) is 23.8 Å². The van der Waals surface area contributed by atoms with Gasteiger partial charge in [0.2, 0.25) is 11.8 Å². The highest BCUT2D eigenvalue weighted by Crippen LogP contribution is 2.23. The third-order valence-electron chi connectivity index (χ3n) is 3.31. The van der Waals surface area contributed by atoms with E-state index in [4.69, 9.17) is 0 Å². The van der Waals surface area contributed by atoms with Crippen molar-refractivity contribution in [3.63, 3.8) is 0 Å². The van der Waals surface area contributed by atoms with Crippen molar-refractivity contribution >= 4 is 28.8 Å². The maximum atomic E-state index is 12.3. The van der Waals surface area contributed by atoms with Crippen LogP contribution in [0.15, 0.2) is 35.7 Å². The Bertz CT molecular complexity index is 665.